The fourth-order valence-corrected chi connectivity index (χ4v) is 4.37. The molecule has 0 spiro atoms. The molecule has 0 bridgehead atoms. The van der Waals surface area contributed by atoms with Gasteiger partial charge in [-0.05, 0) is 48.3 Å². The Morgan fingerprint density at radius 3 is 2.36 bits per heavy atom. The molecule has 2 aliphatic carbocycles. The van der Waals surface area contributed by atoms with E-state index in [4.69, 9.17) is 0 Å². The van der Waals surface area contributed by atoms with Crippen LogP contribution in [0.1, 0.15) is 60.4 Å². The highest BCUT2D eigenvalue weighted by Gasteiger charge is 2.26. The van der Waals surface area contributed by atoms with E-state index < -0.39 is 10.7 Å². The number of hydrogen-bond donors (Lipinski definition) is 2. The molecule has 5 nitrogen and oxygen atoms in total. The van der Waals surface area contributed by atoms with Gasteiger partial charge in [-0.15, -0.1) is 0 Å². The summed E-state index contributed by atoms with van der Waals surface area (Å²) < 4.78 is 21.9. The molecule has 0 saturated heterocycles. The van der Waals surface area contributed by atoms with Gasteiger partial charge in [0.25, 0.3) is 5.56 Å². The number of allylic oxidation sites excluding steroid dienone is 1. The predicted molar refractivity (Wildman–Crippen MR) is 109 cm³/mol. The van der Waals surface area contributed by atoms with Crippen molar-refractivity contribution in [1.29, 1.82) is 0 Å². The molecule has 0 amide bonds. The topological polar surface area (TPSA) is 84.1 Å². The van der Waals surface area contributed by atoms with Crippen molar-refractivity contribution in [3.8, 4) is 0 Å². The van der Waals surface area contributed by atoms with Crippen molar-refractivity contribution >= 4 is 22.1 Å². The van der Waals surface area contributed by atoms with Crippen LogP contribution in [0, 0.1) is 5.92 Å². The largest absolute Gasteiger partial charge is 0.322 e. The fraction of sp³-hybridized carbons (Fsp3) is 0.364. The minimum atomic E-state index is -2.47. The number of rotatable bonds is 6. The van der Waals surface area contributed by atoms with Crippen LogP contribution in [0.3, 0.4) is 0 Å². The van der Waals surface area contributed by atoms with Gasteiger partial charge in [-0.1, -0.05) is 36.4 Å². The van der Waals surface area contributed by atoms with Crippen molar-refractivity contribution in [3.05, 3.63) is 75.2 Å². The summed E-state index contributed by atoms with van der Waals surface area (Å²) in [6, 6.07) is 11.2. The monoisotopic (exact) mass is 397 g/mol. The van der Waals surface area contributed by atoms with Crippen molar-refractivity contribution in [1.82, 2.24) is 4.98 Å². The average molecular weight is 397 g/mol. The third kappa shape index (κ3) is 4.33. The van der Waals surface area contributed by atoms with Crippen molar-refractivity contribution in [3.63, 3.8) is 0 Å². The van der Waals surface area contributed by atoms with Crippen LogP contribution in [-0.2, 0) is 21.3 Å². The summed E-state index contributed by atoms with van der Waals surface area (Å²) >= 11 is 0. The molecule has 1 aromatic heterocycles. The zero-order valence-electron chi connectivity index (χ0n) is 15.5. The summed E-state index contributed by atoms with van der Waals surface area (Å²) in [7, 11) is -2.47. The minimum absolute atomic E-state index is 0.0126. The zero-order valence-corrected chi connectivity index (χ0v) is 16.4. The van der Waals surface area contributed by atoms with E-state index in [1.807, 2.05) is 24.3 Å². The van der Waals surface area contributed by atoms with Crippen LogP contribution in [0.15, 0.2) is 47.3 Å². The number of Topliss-reactive ketones (excluding diaryl/α,β-unsaturated/α-hetero) is 1. The minimum Gasteiger partial charge on any atom is -0.322 e. The molecule has 146 valence electrons. The Bertz CT molecular complexity index is 1050. The Balaban J connectivity index is 1.71. The summed E-state index contributed by atoms with van der Waals surface area (Å²) in [5, 5.41) is 0. The maximum atomic E-state index is 12.5. The molecule has 1 heterocycles. The number of pyridine rings is 1. The Morgan fingerprint density at radius 1 is 1.04 bits per heavy atom. The molecule has 0 unspecified atom stereocenters. The van der Waals surface area contributed by atoms with Gasteiger partial charge in [-0.3, -0.25) is 9.59 Å². The maximum absolute atomic E-state index is 12.5. The molecule has 1 aromatic carbocycles. The van der Waals surface area contributed by atoms with E-state index >= 15 is 0 Å². The second-order valence-corrected chi connectivity index (χ2v) is 8.72. The number of aromatic nitrogens is 1. The molecule has 6 heteroatoms. The van der Waals surface area contributed by atoms with Crippen LogP contribution in [0.2, 0.25) is 0 Å². The molecule has 2 fully saturated rings. The van der Waals surface area contributed by atoms with Gasteiger partial charge < -0.3 is 4.98 Å². The number of benzene rings is 1. The molecular formula is C22H23NO4S. The molecule has 28 heavy (non-hydrogen) atoms. The second-order valence-electron chi connectivity index (χ2n) is 7.74. The van der Waals surface area contributed by atoms with Crippen LogP contribution in [0.4, 0.5) is 0 Å². The van der Waals surface area contributed by atoms with Gasteiger partial charge in [-0.25, -0.2) is 8.42 Å². The van der Waals surface area contributed by atoms with E-state index in [0.29, 0.717) is 18.8 Å². The lowest BCUT2D eigenvalue weighted by atomic mass is 9.95. The highest BCUT2D eigenvalue weighted by atomic mass is 32.2. The van der Waals surface area contributed by atoms with E-state index in [-0.39, 0.29) is 23.0 Å². The van der Waals surface area contributed by atoms with E-state index in [0.717, 1.165) is 47.2 Å². The van der Waals surface area contributed by atoms with E-state index in [9.17, 15) is 18.0 Å². The standard InChI is InChI=1S/C22H23NO4S/c24-18-8-3-15(11-18)12-20(17-4-1-14(2-5-17)13-28(26)27)21-10-9-19(16-6-7-16)22(25)23-21/h1-2,4-5,9-10,12,15-16,28H,3,6-8,11,13H2,(H,23,25)/b20-12+/t15-/m0/s1. The molecule has 1 atom stereocenters. The first-order valence-corrected chi connectivity index (χ1v) is 11.0. The van der Waals surface area contributed by atoms with Gasteiger partial charge in [0.15, 0.2) is 0 Å². The summed E-state index contributed by atoms with van der Waals surface area (Å²) in [6.45, 7) is 0. The molecule has 1 N–H and O–H groups in total. The summed E-state index contributed by atoms with van der Waals surface area (Å²) in [5.41, 5.74) is 4.04. The van der Waals surface area contributed by atoms with E-state index in [1.54, 1.807) is 12.1 Å². The van der Waals surface area contributed by atoms with Crippen LogP contribution < -0.4 is 5.56 Å². The SMILES string of the molecule is O=C1CC[C@H](/C=C(\c2ccc(C[SH](=O)=O)cc2)c2ccc(C3CC3)c(=O)[nH]2)C1. The maximum Gasteiger partial charge on any atom is 0.251 e. The van der Waals surface area contributed by atoms with Crippen LogP contribution in [0.5, 0.6) is 0 Å². The van der Waals surface area contributed by atoms with Crippen molar-refractivity contribution in [2.45, 2.75) is 43.8 Å². The summed E-state index contributed by atoms with van der Waals surface area (Å²) in [5.74, 6) is 0.822. The average Bonchev–Trinajstić information content (AvgIpc) is 3.41. The first kappa shape index (κ1) is 18.9. The third-order valence-electron chi connectivity index (χ3n) is 5.51. The Morgan fingerprint density at radius 2 is 1.79 bits per heavy atom. The lowest BCUT2D eigenvalue weighted by Crippen LogP contribution is -2.13. The quantitative estimate of drug-likeness (QED) is 0.734. The number of aromatic amines is 1. The summed E-state index contributed by atoms with van der Waals surface area (Å²) in [6.07, 6.45) is 6.17. The van der Waals surface area contributed by atoms with Crippen LogP contribution >= 0.6 is 0 Å². The Hall–Kier alpha value is -2.47. The lowest BCUT2D eigenvalue weighted by Gasteiger charge is -2.13. The Labute approximate surface area is 165 Å². The van der Waals surface area contributed by atoms with Gasteiger partial charge in [-0.2, -0.15) is 0 Å². The molecule has 0 radical (unpaired) electrons. The van der Waals surface area contributed by atoms with Gasteiger partial charge >= 0.3 is 0 Å². The smallest absolute Gasteiger partial charge is 0.251 e. The fourth-order valence-electron chi connectivity index (χ4n) is 3.86. The van der Waals surface area contributed by atoms with Gasteiger partial charge in [0.2, 0.25) is 0 Å². The van der Waals surface area contributed by atoms with Crippen molar-refractivity contribution < 1.29 is 13.2 Å². The van der Waals surface area contributed by atoms with Crippen LogP contribution in [0.25, 0.3) is 5.57 Å². The molecule has 2 aromatic rings. The highest BCUT2D eigenvalue weighted by molar-refractivity contribution is 7.71. The van der Waals surface area contributed by atoms with Gasteiger partial charge in [0.05, 0.1) is 5.75 Å². The predicted octanol–water partition coefficient (Wildman–Crippen LogP) is 3.16. The number of nitrogens with one attached hydrogen (secondary N) is 1. The highest BCUT2D eigenvalue weighted by Crippen LogP contribution is 2.38. The summed E-state index contributed by atoms with van der Waals surface area (Å²) in [4.78, 5) is 27.2. The lowest BCUT2D eigenvalue weighted by molar-refractivity contribution is -0.117. The third-order valence-corrected chi connectivity index (χ3v) is 6.13. The van der Waals surface area contributed by atoms with Gasteiger partial charge in [0.1, 0.15) is 16.5 Å². The van der Waals surface area contributed by atoms with Crippen molar-refractivity contribution in [2.75, 3.05) is 0 Å². The molecular weight excluding hydrogens is 374 g/mol. The number of carbonyl (C=O) groups is 1. The Kier molecular flexibility index (Phi) is 5.31. The second kappa shape index (κ2) is 7.87. The molecule has 2 aliphatic rings. The number of H-pyrrole nitrogens is 1. The zero-order chi connectivity index (χ0) is 19.7. The first-order chi connectivity index (χ1) is 13.5. The number of thiol groups is 1. The molecule has 2 saturated carbocycles. The van der Waals surface area contributed by atoms with Crippen molar-refractivity contribution in [2.24, 2.45) is 5.92 Å². The first-order valence-electron chi connectivity index (χ1n) is 9.68. The normalized spacial score (nSPS) is 20.1. The molecule has 0 aliphatic heterocycles. The van der Waals surface area contributed by atoms with E-state index in [2.05, 4.69) is 11.1 Å². The van der Waals surface area contributed by atoms with E-state index in [1.165, 1.54) is 0 Å². The number of carbonyl (C=O) groups excluding carboxylic acids is 1. The van der Waals surface area contributed by atoms with Gasteiger partial charge in [0, 0.05) is 29.7 Å². The number of ketones is 1. The van der Waals surface area contributed by atoms with Crippen LogP contribution in [-0.4, -0.2) is 19.2 Å². The molecule has 4 rings (SSSR count). The number of hydrogen-bond acceptors (Lipinski definition) is 4.